The molecule has 8 nitrogen and oxygen atoms in total. The molecule has 4 rings (SSSR count). The van der Waals surface area contributed by atoms with E-state index in [2.05, 4.69) is 20.8 Å². The molecule has 138 valence electrons. The van der Waals surface area contributed by atoms with Crippen LogP contribution in [0, 0.1) is 11.3 Å². The highest BCUT2D eigenvalue weighted by atomic mass is 16.7. The van der Waals surface area contributed by atoms with Crippen LogP contribution in [0.3, 0.4) is 0 Å². The average molecular weight is 373 g/mol. The van der Waals surface area contributed by atoms with E-state index in [9.17, 15) is 4.79 Å². The van der Waals surface area contributed by atoms with Crippen LogP contribution >= 0.6 is 0 Å². The van der Waals surface area contributed by atoms with E-state index in [1.54, 1.807) is 36.4 Å². The van der Waals surface area contributed by atoms with Crippen molar-refractivity contribution in [3.05, 3.63) is 71.4 Å². The van der Waals surface area contributed by atoms with Crippen LogP contribution in [0.25, 0.3) is 0 Å². The first-order chi connectivity index (χ1) is 13.7. The van der Waals surface area contributed by atoms with Gasteiger partial charge in [0.2, 0.25) is 6.79 Å². The fourth-order valence-electron chi connectivity index (χ4n) is 2.67. The topological polar surface area (TPSA) is 109 Å². The van der Waals surface area contributed by atoms with Crippen molar-refractivity contribution in [2.75, 3.05) is 17.4 Å². The SMILES string of the molecule is N#Cc1ccccc1NC(=O)c1ccc(NCc2ccc3c(c2)OCO3)nn1. The van der Waals surface area contributed by atoms with Gasteiger partial charge in [0.15, 0.2) is 17.2 Å². The second-order valence-electron chi connectivity index (χ2n) is 5.96. The van der Waals surface area contributed by atoms with Crippen molar-refractivity contribution in [2.45, 2.75) is 6.54 Å². The molecule has 1 aliphatic rings. The first-order valence-electron chi connectivity index (χ1n) is 8.49. The third-order valence-corrected chi connectivity index (χ3v) is 4.10. The maximum Gasteiger partial charge on any atom is 0.276 e. The first-order valence-corrected chi connectivity index (χ1v) is 8.49. The number of para-hydroxylation sites is 1. The third-order valence-electron chi connectivity index (χ3n) is 4.10. The molecular formula is C20H15N5O3. The third kappa shape index (κ3) is 3.68. The Bertz CT molecular complexity index is 1060. The number of anilines is 2. The lowest BCUT2D eigenvalue weighted by atomic mass is 10.2. The number of benzene rings is 2. The molecule has 0 spiro atoms. The molecule has 28 heavy (non-hydrogen) atoms. The number of rotatable bonds is 5. The Morgan fingerprint density at radius 1 is 1.07 bits per heavy atom. The van der Waals surface area contributed by atoms with Gasteiger partial charge in [-0.15, -0.1) is 10.2 Å². The fourth-order valence-corrected chi connectivity index (χ4v) is 2.67. The van der Waals surface area contributed by atoms with E-state index < -0.39 is 5.91 Å². The van der Waals surface area contributed by atoms with Gasteiger partial charge in [-0.1, -0.05) is 18.2 Å². The van der Waals surface area contributed by atoms with E-state index in [4.69, 9.17) is 14.7 Å². The Balaban J connectivity index is 1.38. The van der Waals surface area contributed by atoms with Crippen molar-refractivity contribution in [3.63, 3.8) is 0 Å². The summed E-state index contributed by atoms with van der Waals surface area (Å²) in [6, 6.07) is 17.7. The van der Waals surface area contributed by atoms with Crippen molar-refractivity contribution in [1.29, 1.82) is 5.26 Å². The minimum atomic E-state index is -0.433. The van der Waals surface area contributed by atoms with Crippen molar-refractivity contribution in [1.82, 2.24) is 10.2 Å². The Morgan fingerprint density at radius 3 is 2.75 bits per heavy atom. The van der Waals surface area contributed by atoms with Crippen LogP contribution in [0.2, 0.25) is 0 Å². The van der Waals surface area contributed by atoms with E-state index in [-0.39, 0.29) is 12.5 Å². The summed E-state index contributed by atoms with van der Waals surface area (Å²) in [4.78, 5) is 12.3. The van der Waals surface area contributed by atoms with Crippen molar-refractivity contribution < 1.29 is 14.3 Å². The van der Waals surface area contributed by atoms with E-state index in [1.807, 2.05) is 24.3 Å². The van der Waals surface area contributed by atoms with E-state index in [0.29, 0.717) is 23.6 Å². The molecule has 0 radical (unpaired) electrons. The Hall–Kier alpha value is -4.12. The smallest absolute Gasteiger partial charge is 0.276 e. The van der Waals surface area contributed by atoms with Crippen LogP contribution in [-0.2, 0) is 6.54 Å². The largest absolute Gasteiger partial charge is 0.454 e. The summed E-state index contributed by atoms with van der Waals surface area (Å²) in [5.74, 6) is 1.55. The average Bonchev–Trinajstić information content (AvgIpc) is 3.21. The van der Waals surface area contributed by atoms with Crippen LogP contribution < -0.4 is 20.1 Å². The zero-order valence-electron chi connectivity index (χ0n) is 14.7. The summed E-state index contributed by atoms with van der Waals surface area (Å²) in [6.07, 6.45) is 0. The number of fused-ring (bicyclic) bond motifs is 1. The number of nitriles is 1. The summed E-state index contributed by atoms with van der Waals surface area (Å²) in [5.41, 5.74) is 1.97. The predicted molar refractivity (Wildman–Crippen MR) is 101 cm³/mol. The standard InChI is InChI=1S/C20H15N5O3/c21-10-14-3-1-2-4-15(14)23-20(26)16-6-8-19(25-24-16)22-11-13-5-7-17-18(9-13)28-12-27-17/h1-9H,11-12H2,(H,22,25)(H,23,26). The van der Waals surface area contributed by atoms with Crippen LogP contribution in [0.15, 0.2) is 54.6 Å². The van der Waals surface area contributed by atoms with Crippen LogP contribution in [0.1, 0.15) is 21.6 Å². The second-order valence-corrected chi connectivity index (χ2v) is 5.96. The molecule has 0 atom stereocenters. The zero-order chi connectivity index (χ0) is 19.3. The minimum absolute atomic E-state index is 0.154. The van der Waals surface area contributed by atoms with Gasteiger partial charge in [-0.2, -0.15) is 5.26 Å². The molecule has 0 unspecified atom stereocenters. The second kappa shape index (κ2) is 7.63. The number of carbonyl (C=O) groups is 1. The molecule has 2 aromatic carbocycles. The molecule has 1 aromatic heterocycles. The van der Waals surface area contributed by atoms with Gasteiger partial charge in [0, 0.05) is 6.54 Å². The number of amides is 1. The first kappa shape index (κ1) is 17.3. The molecule has 2 heterocycles. The van der Waals surface area contributed by atoms with Gasteiger partial charge < -0.3 is 20.1 Å². The zero-order valence-corrected chi connectivity index (χ0v) is 14.7. The summed E-state index contributed by atoms with van der Waals surface area (Å²) in [6.45, 7) is 0.756. The maximum atomic E-state index is 12.3. The van der Waals surface area contributed by atoms with Gasteiger partial charge in [-0.25, -0.2) is 0 Å². The van der Waals surface area contributed by atoms with Crippen LogP contribution in [0.5, 0.6) is 11.5 Å². The van der Waals surface area contributed by atoms with E-state index in [1.165, 1.54) is 0 Å². The van der Waals surface area contributed by atoms with Gasteiger partial charge in [0.1, 0.15) is 11.9 Å². The lowest BCUT2D eigenvalue weighted by Crippen LogP contribution is -2.15. The van der Waals surface area contributed by atoms with Crippen LogP contribution in [0.4, 0.5) is 11.5 Å². The number of hydrogen-bond acceptors (Lipinski definition) is 7. The molecular weight excluding hydrogens is 358 g/mol. The normalized spacial score (nSPS) is 11.5. The highest BCUT2D eigenvalue weighted by Gasteiger charge is 2.14. The molecule has 1 amide bonds. The highest BCUT2D eigenvalue weighted by molar-refractivity contribution is 6.03. The van der Waals surface area contributed by atoms with E-state index in [0.717, 1.165) is 17.1 Å². The lowest BCUT2D eigenvalue weighted by Gasteiger charge is -2.08. The molecule has 2 N–H and O–H groups in total. The quantitative estimate of drug-likeness (QED) is 0.707. The highest BCUT2D eigenvalue weighted by Crippen LogP contribution is 2.32. The predicted octanol–water partition coefficient (Wildman–Crippen LogP) is 2.94. The Kier molecular flexibility index (Phi) is 4.72. The van der Waals surface area contributed by atoms with Crippen molar-refractivity contribution in [3.8, 4) is 17.6 Å². The van der Waals surface area contributed by atoms with Crippen LogP contribution in [-0.4, -0.2) is 22.9 Å². The minimum Gasteiger partial charge on any atom is -0.454 e. The maximum absolute atomic E-state index is 12.3. The number of ether oxygens (including phenoxy) is 2. The fraction of sp³-hybridized carbons (Fsp3) is 0.100. The molecule has 3 aromatic rings. The van der Waals surface area contributed by atoms with Gasteiger partial charge in [0.05, 0.1) is 11.3 Å². The van der Waals surface area contributed by atoms with Gasteiger partial charge >= 0.3 is 0 Å². The summed E-state index contributed by atoms with van der Waals surface area (Å²) in [7, 11) is 0. The number of aromatic nitrogens is 2. The number of nitrogens with one attached hydrogen (secondary N) is 2. The molecule has 0 saturated carbocycles. The molecule has 0 bridgehead atoms. The molecule has 0 aliphatic carbocycles. The van der Waals surface area contributed by atoms with Gasteiger partial charge in [0.25, 0.3) is 5.91 Å². The molecule has 1 aliphatic heterocycles. The van der Waals surface area contributed by atoms with Crippen molar-refractivity contribution in [2.24, 2.45) is 0 Å². The van der Waals surface area contributed by atoms with E-state index >= 15 is 0 Å². The lowest BCUT2D eigenvalue weighted by molar-refractivity contribution is 0.102. The van der Waals surface area contributed by atoms with Gasteiger partial charge in [-0.05, 0) is 42.0 Å². The monoisotopic (exact) mass is 373 g/mol. The molecule has 8 heteroatoms. The summed E-state index contributed by atoms with van der Waals surface area (Å²) in [5, 5.41) is 22.9. The number of carbonyl (C=O) groups excluding carboxylic acids is 1. The van der Waals surface area contributed by atoms with Crippen molar-refractivity contribution >= 4 is 17.4 Å². The Morgan fingerprint density at radius 2 is 1.93 bits per heavy atom. The van der Waals surface area contributed by atoms with Gasteiger partial charge in [-0.3, -0.25) is 4.79 Å². The summed E-state index contributed by atoms with van der Waals surface area (Å²) >= 11 is 0. The number of hydrogen-bond donors (Lipinski definition) is 2. The molecule has 0 saturated heterocycles. The molecule has 0 fully saturated rings. The Labute approximate surface area is 160 Å². The number of nitrogens with zero attached hydrogens (tertiary/aromatic N) is 3. The summed E-state index contributed by atoms with van der Waals surface area (Å²) < 4.78 is 10.6.